The van der Waals surface area contributed by atoms with Gasteiger partial charge in [-0.3, -0.25) is 0 Å². The number of hydrogen-bond acceptors (Lipinski definition) is 2. The normalized spacial score (nSPS) is 12.2. The van der Waals surface area contributed by atoms with Gasteiger partial charge in [0, 0.05) is 17.0 Å². The molecule has 0 atom stereocenters. The molecule has 2 N–H and O–H groups in total. The number of nitrogens with two attached hydrogens (primary N) is 1. The molecule has 4 heteroatoms. The molecule has 0 aliphatic carbocycles. The van der Waals surface area contributed by atoms with E-state index in [0.717, 1.165) is 17.1 Å². The number of rotatable bonds is 2. The topological polar surface area (TPSA) is 43.8 Å². The maximum atomic E-state index is 13.0. The molecule has 0 saturated carbocycles. The molecule has 2 rings (SSSR count). The molecule has 0 saturated heterocycles. The standard InChI is InChI=1S/C16H22FN3/c1-10(2)20-14(18)13(19-15(20)16(3,4)5)11-6-8-12(17)9-7-11/h6-10H,18H2,1-5H3. The lowest BCUT2D eigenvalue weighted by Crippen LogP contribution is -2.21. The maximum absolute atomic E-state index is 13.0. The van der Waals surface area contributed by atoms with E-state index in [1.807, 2.05) is 0 Å². The fourth-order valence-electron chi connectivity index (χ4n) is 2.32. The van der Waals surface area contributed by atoms with E-state index in [1.165, 1.54) is 12.1 Å². The summed E-state index contributed by atoms with van der Waals surface area (Å²) in [6.07, 6.45) is 0. The number of halogens is 1. The number of nitrogens with zero attached hydrogens (tertiary/aromatic N) is 2. The van der Waals surface area contributed by atoms with Crippen LogP contribution in [0.1, 0.15) is 46.5 Å². The minimum Gasteiger partial charge on any atom is -0.383 e. The van der Waals surface area contributed by atoms with Crippen molar-refractivity contribution in [2.45, 2.75) is 46.1 Å². The van der Waals surface area contributed by atoms with Crippen LogP contribution in [0, 0.1) is 5.82 Å². The molecule has 0 spiro atoms. The summed E-state index contributed by atoms with van der Waals surface area (Å²) in [6, 6.07) is 6.52. The monoisotopic (exact) mass is 275 g/mol. The molecule has 1 aromatic carbocycles. The van der Waals surface area contributed by atoms with Crippen molar-refractivity contribution in [2.24, 2.45) is 0 Å². The lowest BCUT2D eigenvalue weighted by Gasteiger charge is -2.22. The Morgan fingerprint density at radius 2 is 1.70 bits per heavy atom. The molecule has 1 aromatic heterocycles. The second kappa shape index (κ2) is 4.93. The zero-order valence-corrected chi connectivity index (χ0v) is 12.7. The molecule has 0 amide bonds. The first-order valence-corrected chi connectivity index (χ1v) is 6.86. The van der Waals surface area contributed by atoms with Crippen molar-refractivity contribution in [1.29, 1.82) is 0 Å². The van der Waals surface area contributed by atoms with Crippen molar-refractivity contribution in [1.82, 2.24) is 9.55 Å². The summed E-state index contributed by atoms with van der Waals surface area (Å²) < 4.78 is 15.1. The first kappa shape index (κ1) is 14.6. The maximum Gasteiger partial charge on any atom is 0.131 e. The molecule has 0 unspecified atom stereocenters. The average Bonchev–Trinajstić information content (AvgIpc) is 2.68. The largest absolute Gasteiger partial charge is 0.383 e. The third-order valence-corrected chi connectivity index (χ3v) is 3.25. The Hall–Kier alpha value is -1.84. The van der Waals surface area contributed by atoms with E-state index in [-0.39, 0.29) is 17.3 Å². The summed E-state index contributed by atoms with van der Waals surface area (Å²) in [5.74, 6) is 1.33. The van der Waals surface area contributed by atoms with Crippen molar-refractivity contribution in [3.63, 3.8) is 0 Å². The van der Waals surface area contributed by atoms with Gasteiger partial charge in [-0.15, -0.1) is 0 Å². The van der Waals surface area contributed by atoms with Crippen LogP contribution >= 0.6 is 0 Å². The van der Waals surface area contributed by atoms with Gasteiger partial charge in [0.2, 0.25) is 0 Å². The molecular weight excluding hydrogens is 253 g/mol. The highest BCUT2D eigenvalue weighted by atomic mass is 19.1. The molecule has 0 fully saturated rings. The summed E-state index contributed by atoms with van der Waals surface area (Å²) in [5.41, 5.74) is 7.75. The Kier molecular flexibility index (Phi) is 3.59. The number of anilines is 1. The van der Waals surface area contributed by atoms with E-state index in [2.05, 4.69) is 39.2 Å². The third-order valence-electron chi connectivity index (χ3n) is 3.25. The van der Waals surface area contributed by atoms with E-state index in [1.54, 1.807) is 12.1 Å². The summed E-state index contributed by atoms with van der Waals surface area (Å²) in [5, 5.41) is 0. The lowest BCUT2D eigenvalue weighted by atomic mass is 9.95. The van der Waals surface area contributed by atoms with E-state index < -0.39 is 0 Å². The molecule has 0 radical (unpaired) electrons. The predicted molar refractivity (Wildman–Crippen MR) is 81.1 cm³/mol. The van der Waals surface area contributed by atoms with Gasteiger partial charge in [-0.1, -0.05) is 20.8 Å². The fraction of sp³-hybridized carbons (Fsp3) is 0.438. The third kappa shape index (κ3) is 2.55. The van der Waals surface area contributed by atoms with Gasteiger partial charge in [0.1, 0.15) is 23.2 Å². The van der Waals surface area contributed by atoms with E-state index in [0.29, 0.717) is 5.82 Å². The molecule has 20 heavy (non-hydrogen) atoms. The number of nitrogen functional groups attached to an aromatic ring is 1. The SMILES string of the molecule is CC(C)n1c(C(C)(C)C)nc(-c2ccc(F)cc2)c1N. The Labute approximate surface area is 119 Å². The minimum atomic E-state index is -0.258. The smallest absolute Gasteiger partial charge is 0.131 e. The molecule has 3 nitrogen and oxygen atoms in total. The number of benzene rings is 1. The van der Waals surface area contributed by atoms with Crippen molar-refractivity contribution in [2.75, 3.05) is 5.73 Å². The van der Waals surface area contributed by atoms with Gasteiger partial charge in [0.25, 0.3) is 0 Å². The number of imidazole rings is 1. The first-order valence-electron chi connectivity index (χ1n) is 6.86. The van der Waals surface area contributed by atoms with Gasteiger partial charge >= 0.3 is 0 Å². The highest BCUT2D eigenvalue weighted by Crippen LogP contribution is 2.34. The van der Waals surface area contributed by atoms with Crippen LogP contribution in [0.5, 0.6) is 0 Å². The zero-order valence-electron chi connectivity index (χ0n) is 12.7. The van der Waals surface area contributed by atoms with Gasteiger partial charge in [0.15, 0.2) is 0 Å². The summed E-state index contributed by atoms with van der Waals surface area (Å²) in [6.45, 7) is 10.5. The van der Waals surface area contributed by atoms with E-state index >= 15 is 0 Å². The summed E-state index contributed by atoms with van der Waals surface area (Å²) in [4.78, 5) is 4.72. The Morgan fingerprint density at radius 3 is 2.10 bits per heavy atom. The van der Waals surface area contributed by atoms with Gasteiger partial charge in [0.05, 0.1) is 0 Å². The second-order valence-corrected chi connectivity index (χ2v) is 6.39. The number of aromatic nitrogens is 2. The molecule has 0 aliphatic heterocycles. The minimum absolute atomic E-state index is 0.101. The Bertz CT molecular complexity index is 604. The quantitative estimate of drug-likeness (QED) is 0.894. The zero-order chi connectivity index (χ0) is 15.1. The molecule has 2 aromatic rings. The van der Waals surface area contributed by atoms with Crippen molar-refractivity contribution < 1.29 is 4.39 Å². The number of hydrogen-bond donors (Lipinski definition) is 1. The molecule has 0 bridgehead atoms. The van der Waals surface area contributed by atoms with Crippen molar-refractivity contribution in [3.8, 4) is 11.3 Å². The molecule has 0 aliphatic rings. The van der Waals surface area contributed by atoms with Crippen LogP contribution in [0.2, 0.25) is 0 Å². The van der Waals surface area contributed by atoms with Crippen LogP contribution in [0.25, 0.3) is 11.3 Å². The van der Waals surface area contributed by atoms with Gasteiger partial charge in [-0.25, -0.2) is 9.37 Å². The van der Waals surface area contributed by atoms with Crippen LogP contribution in [0.3, 0.4) is 0 Å². The van der Waals surface area contributed by atoms with Crippen LogP contribution in [-0.2, 0) is 5.41 Å². The summed E-state index contributed by atoms with van der Waals surface area (Å²) >= 11 is 0. The van der Waals surface area contributed by atoms with Crippen molar-refractivity contribution in [3.05, 3.63) is 35.9 Å². The van der Waals surface area contributed by atoms with Crippen LogP contribution in [0.15, 0.2) is 24.3 Å². The fourth-order valence-corrected chi connectivity index (χ4v) is 2.32. The highest BCUT2D eigenvalue weighted by Gasteiger charge is 2.26. The average molecular weight is 275 g/mol. The van der Waals surface area contributed by atoms with Crippen LogP contribution in [-0.4, -0.2) is 9.55 Å². The molecule has 1 heterocycles. The van der Waals surface area contributed by atoms with Crippen molar-refractivity contribution >= 4 is 5.82 Å². The van der Waals surface area contributed by atoms with Gasteiger partial charge in [-0.2, -0.15) is 0 Å². The molecular formula is C16H22FN3. The highest BCUT2D eigenvalue weighted by molar-refractivity contribution is 5.71. The molecule has 108 valence electrons. The lowest BCUT2D eigenvalue weighted by molar-refractivity contribution is 0.473. The Balaban J connectivity index is 2.64. The van der Waals surface area contributed by atoms with Crippen LogP contribution < -0.4 is 5.73 Å². The van der Waals surface area contributed by atoms with Crippen LogP contribution in [0.4, 0.5) is 10.2 Å². The Morgan fingerprint density at radius 1 is 1.15 bits per heavy atom. The summed E-state index contributed by atoms with van der Waals surface area (Å²) in [7, 11) is 0. The predicted octanol–water partition coefficient (Wildman–Crippen LogP) is 4.15. The first-order chi connectivity index (χ1) is 9.21. The van der Waals surface area contributed by atoms with Gasteiger partial charge < -0.3 is 10.3 Å². The van der Waals surface area contributed by atoms with E-state index in [9.17, 15) is 4.39 Å². The second-order valence-electron chi connectivity index (χ2n) is 6.39. The van der Waals surface area contributed by atoms with Gasteiger partial charge in [-0.05, 0) is 38.1 Å². The van der Waals surface area contributed by atoms with E-state index in [4.69, 9.17) is 10.7 Å².